The summed E-state index contributed by atoms with van der Waals surface area (Å²) in [7, 11) is 0. The molecule has 0 atom stereocenters. The van der Waals surface area contributed by atoms with Gasteiger partial charge in [0.2, 0.25) is 11.8 Å². The molecule has 0 aromatic carbocycles. The van der Waals surface area contributed by atoms with E-state index < -0.39 is 0 Å². The molecule has 0 unspecified atom stereocenters. The molecule has 1 heterocycles. The molecule has 1 aliphatic heterocycles. The first-order valence-corrected chi connectivity index (χ1v) is 8.65. The Labute approximate surface area is 145 Å². The molecule has 1 aliphatic rings. The fourth-order valence-electron chi connectivity index (χ4n) is 2.96. The van der Waals surface area contributed by atoms with Crippen LogP contribution in [-0.2, 0) is 9.59 Å². The van der Waals surface area contributed by atoms with Crippen molar-refractivity contribution in [3.8, 4) is 0 Å². The van der Waals surface area contributed by atoms with Crippen molar-refractivity contribution in [3.05, 3.63) is 0 Å². The molecule has 0 spiro atoms. The van der Waals surface area contributed by atoms with Gasteiger partial charge in [0, 0.05) is 66.2 Å². The molecule has 0 aromatic heterocycles. The minimum Gasteiger partial charge on any atom is -0.349 e. The lowest BCUT2D eigenvalue weighted by Gasteiger charge is -2.33. The molecule has 8 heteroatoms. The van der Waals surface area contributed by atoms with E-state index >= 15 is 0 Å². The summed E-state index contributed by atoms with van der Waals surface area (Å²) in [4.78, 5) is 22.9. The van der Waals surface area contributed by atoms with Gasteiger partial charge >= 0.3 is 0 Å². The molecular formula is C16H34N6O2. The van der Waals surface area contributed by atoms with Gasteiger partial charge in [-0.3, -0.25) is 9.59 Å². The van der Waals surface area contributed by atoms with Crippen molar-refractivity contribution in [1.29, 1.82) is 0 Å². The molecule has 1 saturated heterocycles. The smallest absolute Gasteiger partial charge is 0.217 e. The lowest BCUT2D eigenvalue weighted by atomic mass is 10.0. The van der Waals surface area contributed by atoms with Crippen LogP contribution in [0.4, 0.5) is 0 Å². The maximum absolute atomic E-state index is 11.4. The van der Waals surface area contributed by atoms with Crippen LogP contribution in [0.1, 0.15) is 27.7 Å². The molecule has 6 N–H and O–H groups in total. The van der Waals surface area contributed by atoms with Crippen LogP contribution in [0.5, 0.6) is 0 Å². The van der Waals surface area contributed by atoms with Crippen LogP contribution < -0.4 is 31.9 Å². The summed E-state index contributed by atoms with van der Waals surface area (Å²) in [6, 6.07) is 0. The fraction of sp³-hybridized carbons (Fsp3) is 0.875. The summed E-state index contributed by atoms with van der Waals surface area (Å²) in [5.41, 5.74) is -0.638. The summed E-state index contributed by atoms with van der Waals surface area (Å²) < 4.78 is 0. The minimum absolute atomic E-state index is 0.0236. The van der Waals surface area contributed by atoms with Crippen LogP contribution in [0.25, 0.3) is 0 Å². The van der Waals surface area contributed by atoms with Gasteiger partial charge in [-0.15, -0.1) is 0 Å². The Morgan fingerprint density at radius 1 is 0.667 bits per heavy atom. The molecule has 1 fully saturated rings. The second kappa shape index (κ2) is 9.93. The zero-order chi connectivity index (χ0) is 18.1. The zero-order valence-corrected chi connectivity index (χ0v) is 15.5. The Morgan fingerprint density at radius 3 is 1.12 bits per heavy atom. The highest BCUT2D eigenvalue weighted by Crippen LogP contribution is 2.02. The van der Waals surface area contributed by atoms with Crippen molar-refractivity contribution >= 4 is 11.8 Å². The van der Waals surface area contributed by atoms with E-state index in [-0.39, 0.29) is 22.9 Å². The van der Waals surface area contributed by atoms with E-state index in [1.807, 2.05) is 13.8 Å². The lowest BCUT2D eigenvalue weighted by Crippen LogP contribution is -2.60. The number of carbonyl (C=O) groups is 2. The molecule has 24 heavy (non-hydrogen) atoms. The molecule has 0 aromatic rings. The van der Waals surface area contributed by atoms with Crippen LogP contribution in [0.2, 0.25) is 0 Å². The SMILES string of the molecule is CC(=O)NC1(C)CNCCNCC(C)(NC(C)=O)CNCCNC1. The molecule has 0 radical (unpaired) electrons. The van der Waals surface area contributed by atoms with Crippen molar-refractivity contribution < 1.29 is 9.59 Å². The second-order valence-electron chi connectivity index (χ2n) is 7.19. The average Bonchev–Trinajstić information content (AvgIpc) is 2.44. The first-order chi connectivity index (χ1) is 11.2. The lowest BCUT2D eigenvalue weighted by molar-refractivity contribution is -0.121. The zero-order valence-electron chi connectivity index (χ0n) is 15.5. The van der Waals surface area contributed by atoms with Gasteiger partial charge < -0.3 is 31.9 Å². The number of carbonyl (C=O) groups excluding carboxylic acids is 2. The predicted octanol–water partition coefficient (Wildman–Crippen LogP) is -1.85. The van der Waals surface area contributed by atoms with Crippen LogP contribution in [0, 0.1) is 0 Å². The summed E-state index contributed by atoms with van der Waals surface area (Å²) in [5, 5.41) is 19.6. The maximum atomic E-state index is 11.4. The van der Waals surface area contributed by atoms with Gasteiger partial charge in [0.15, 0.2) is 0 Å². The summed E-state index contributed by atoms with van der Waals surface area (Å²) in [5.74, 6) is -0.0471. The first kappa shape index (κ1) is 20.8. The minimum atomic E-state index is -0.319. The van der Waals surface area contributed by atoms with Gasteiger partial charge in [-0.25, -0.2) is 0 Å². The first-order valence-electron chi connectivity index (χ1n) is 8.65. The van der Waals surface area contributed by atoms with Crippen LogP contribution in [-0.4, -0.2) is 75.3 Å². The Balaban J connectivity index is 2.58. The molecule has 0 bridgehead atoms. The average molecular weight is 342 g/mol. The molecule has 140 valence electrons. The van der Waals surface area contributed by atoms with Crippen LogP contribution in [0.3, 0.4) is 0 Å². The largest absolute Gasteiger partial charge is 0.349 e. The van der Waals surface area contributed by atoms with E-state index in [4.69, 9.17) is 0 Å². The van der Waals surface area contributed by atoms with E-state index in [1.54, 1.807) is 13.8 Å². The topological polar surface area (TPSA) is 106 Å². The predicted molar refractivity (Wildman–Crippen MR) is 95.9 cm³/mol. The Hall–Kier alpha value is -1.22. The maximum Gasteiger partial charge on any atom is 0.217 e. The van der Waals surface area contributed by atoms with Gasteiger partial charge in [0.1, 0.15) is 0 Å². The van der Waals surface area contributed by atoms with Crippen LogP contribution >= 0.6 is 0 Å². The van der Waals surface area contributed by atoms with Gasteiger partial charge in [-0.05, 0) is 13.8 Å². The van der Waals surface area contributed by atoms with Gasteiger partial charge in [0.25, 0.3) is 0 Å². The Bertz CT molecular complexity index is 361. The third-order valence-corrected chi connectivity index (χ3v) is 3.97. The molecular weight excluding hydrogens is 308 g/mol. The van der Waals surface area contributed by atoms with Gasteiger partial charge in [-0.2, -0.15) is 0 Å². The molecule has 8 nitrogen and oxygen atoms in total. The van der Waals surface area contributed by atoms with Crippen molar-refractivity contribution in [2.45, 2.75) is 38.8 Å². The van der Waals surface area contributed by atoms with Crippen molar-refractivity contribution in [3.63, 3.8) is 0 Å². The molecule has 0 saturated carbocycles. The molecule has 0 aliphatic carbocycles. The summed E-state index contributed by atoms with van der Waals surface area (Å²) in [6.07, 6.45) is 0. The van der Waals surface area contributed by atoms with Crippen molar-refractivity contribution in [2.75, 3.05) is 52.4 Å². The molecule has 2 amide bonds. The third-order valence-electron chi connectivity index (χ3n) is 3.97. The number of amides is 2. The number of rotatable bonds is 2. The highest BCUT2D eigenvalue weighted by atomic mass is 16.2. The third kappa shape index (κ3) is 8.58. The quantitative estimate of drug-likeness (QED) is 0.352. The summed E-state index contributed by atoms with van der Waals surface area (Å²) >= 11 is 0. The Morgan fingerprint density at radius 2 is 0.917 bits per heavy atom. The summed E-state index contributed by atoms with van der Waals surface area (Å²) in [6.45, 7) is 13.1. The highest BCUT2D eigenvalue weighted by molar-refractivity contribution is 5.74. The normalized spacial score (nSPS) is 30.8. The van der Waals surface area contributed by atoms with Gasteiger partial charge in [-0.1, -0.05) is 0 Å². The number of hydrogen-bond acceptors (Lipinski definition) is 6. The number of hydrogen-bond donors (Lipinski definition) is 6. The van der Waals surface area contributed by atoms with Crippen LogP contribution in [0.15, 0.2) is 0 Å². The molecule has 1 rings (SSSR count). The van der Waals surface area contributed by atoms with E-state index in [0.29, 0.717) is 26.2 Å². The van der Waals surface area contributed by atoms with E-state index in [0.717, 1.165) is 26.2 Å². The van der Waals surface area contributed by atoms with Gasteiger partial charge in [0.05, 0.1) is 11.1 Å². The van der Waals surface area contributed by atoms with E-state index in [1.165, 1.54) is 0 Å². The monoisotopic (exact) mass is 342 g/mol. The fourth-order valence-corrected chi connectivity index (χ4v) is 2.96. The standard InChI is InChI=1S/C16H34N6O2/c1-13(23)21-15(3)9-17-5-7-19-11-16(4,22-14(2)24)12-20-8-6-18-10-15/h17-20H,5-12H2,1-4H3,(H,21,23)(H,22,24). The second-order valence-corrected chi connectivity index (χ2v) is 7.19. The van der Waals surface area contributed by atoms with E-state index in [2.05, 4.69) is 31.9 Å². The number of nitrogens with one attached hydrogen (secondary N) is 6. The van der Waals surface area contributed by atoms with Crippen molar-refractivity contribution in [2.24, 2.45) is 0 Å². The van der Waals surface area contributed by atoms with Crippen molar-refractivity contribution in [1.82, 2.24) is 31.9 Å². The van der Waals surface area contributed by atoms with E-state index in [9.17, 15) is 9.59 Å². The Kier molecular flexibility index (Phi) is 8.61. The highest BCUT2D eigenvalue weighted by Gasteiger charge is 2.26.